The quantitative estimate of drug-likeness (QED) is 0.809. The van der Waals surface area contributed by atoms with Gasteiger partial charge in [-0.05, 0) is 36.5 Å². The van der Waals surface area contributed by atoms with E-state index in [2.05, 4.69) is 5.32 Å². The Morgan fingerprint density at radius 2 is 1.90 bits per heavy atom. The monoisotopic (exact) mass is 395 g/mol. The van der Waals surface area contributed by atoms with Gasteiger partial charge in [0.15, 0.2) is 0 Å². The van der Waals surface area contributed by atoms with E-state index in [4.69, 9.17) is 0 Å². The highest BCUT2D eigenvalue weighted by molar-refractivity contribution is 6.09. The van der Waals surface area contributed by atoms with E-state index < -0.39 is 29.2 Å². The van der Waals surface area contributed by atoms with E-state index >= 15 is 0 Å². The van der Waals surface area contributed by atoms with Gasteiger partial charge in [0.2, 0.25) is 5.91 Å². The van der Waals surface area contributed by atoms with E-state index in [0.717, 1.165) is 28.9 Å². The smallest absolute Gasteiger partial charge is 0.325 e. The van der Waals surface area contributed by atoms with E-state index in [0.29, 0.717) is 12.0 Å². The van der Waals surface area contributed by atoms with Crippen molar-refractivity contribution in [3.05, 3.63) is 71.0 Å². The molecule has 0 bridgehead atoms. The first-order chi connectivity index (χ1) is 13.9. The van der Waals surface area contributed by atoms with Crippen LogP contribution < -0.4 is 5.32 Å². The predicted molar refractivity (Wildman–Crippen MR) is 104 cm³/mol. The first-order valence-electron chi connectivity index (χ1n) is 9.62. The number of aryl methyl sites for hydroxylation is 1. The van der Waals surface area contributed by atoms with Crippen LogP contribution in [0.1, 0.15) is 29.5 Å². The van der Waals surface area contributed by atoms with Gasteiger partial charge >= 0.3 is 6.03 Å². The Balaban J connectivity index is 1.52. The van der Waals surface area contributed by atoms with E-state index in [9.17, 15) is 18.8 Å². The van der Waals surface area contributed by atoms with Crippen LogP contribution in [-0.2, 0) is 28.1 Å². The van der Waals surface area contributed by atoms with Crippen molar-refractivity contribution in [2.75, 3.05) is 13.6 Å². The lowest BCUT2D eigenvalue weighted by Crippen LogP contribution is -2.47. The number of rotatable bonds is 4. The highest BCUT2D eigenvalue weighted by atomic mass is 19.1. The number of fused-ring (bicyclic) bond motifs is 2. The molecule has 1 aliphatic carbocycles. The fraction of sp³-hybridized carbons (Fsp3) is 0.318. The SMILES string of the molecule is CN(Cc1ccccc1F)C(=O)CN1C(=O)N[C@@]2(CCCc3ccccc32)C1=O. The summed E-state index contributed by atoms with van der Waals surface area (Å²) in [6.45, 7) is -0.317. The normalized spacial score (nSPS) is 20.6. The molecule has 6 nitrogen and oxygen atoms in total. The molecule has 0 aromatic heterocycles. The fourth-order valence-electron chi connectivity index (χ4n) is 4.18. The summed E-state index contributed by atoms with van der Waals surface area (Å²) in [6.07, 6.45) is 2.13. The highest BCUT2D eigenvalue weighted by Gasteiger charge is 2.54. The highest BCUT2D eigenvalue weighted by Crippen LogP contribution is 2.39. The lowest BCUT2D eigenvalue weighted by Gasteiger charge is -2.33. The van der Waals surface area contributed by atoms with Gasteiger partial charge in [-0.25, -0.2) is 9.18 Å². The van der Waals surface area contributed by atoms with Crippen LogP contribution >= 0.6 is 0 Å². The maximum absolute atomic E-state index is 13.9. The number of nitrogens with one attached hydrogen (secondary N) is 1. The summed E-state index contributed by atoms with van der Waals surface area (Å²) >= 11 is 0. The summed E-state index contributed by atoms with van der Waals surface area (Å²) < 4.78 is 13.9. The van der Waals surface area contributed by atoms with E-state index in [1.54, 1.807) is 18.2 Å². The Hall–Kier alpha value is -3.22. The molecule has 150 valence electrons. The van der Waals surface area contributed by atoms with Crippen molar-refractivity contribution in [1.82, 2.24) is 15.1 Å². The number of hydrogen-bond donors (Lipinski definition) is 1. The second kappa shape index (κ2) is 7.31. The number of amides is 4. The summed E-state index contributed by atoms with van der Waals surface area (Å²) in [5, 5.41) is 2.84. The Labute approximate surface area is 168 Å². The van der Waals surface area contributed by atoms with E-state index in [1.807, 2.05) is 24.3 Å². The van der Waals surface area contributed by atoms with Crippen molar-refractivity contribution in [1.29, 1.82) is 0 Å². The van der Waals surface area contributed by atoms with Crippen LogP contribution in [0.4, 0.5) is 9.18 Å². The summed E-state index contributed by atoms with van der Waals surface area (Å²) in [5.41, 5.74) is 1.12. The molecule has 2 aliphatic rings. The number of urea groups is 1. The molecule has 2 aromatic carbocycles. The number of benzene rings is 2. The molecule has 0 saturated carbocycles. The zero-order valence-corrected chi connectivity index (χ0v) is 16.2. The molecule has 1 aliphatic heterocycles. The van der Waals surface area contributed by atoms with Crippen LogP contribution in [-0.4, -0.2) is 41.2 Å². The summed E-state index contributed by atoms with van der Waals surface area (Å²) in [6, 6.07) is 13.2. The van der Waals surface area contributed by atoms with E-state index in [-0.39, 0.29) is 13.1 Å². The van der Waals surface area contributed by atoms with Gasteiger partial charge in [0.1, 0.15) is 17.9 Å². The zero-order chi connectivity index (χ0) is 20.6. The predicted octanol–water partition coefficient (Wildman–Crippen LogP) is 2.57. The van der Waals surface area contributed by atoms with Gasteiger partial charge in [0.05, 0.1) is 0 Å². The molecule has 0 radical (unpaired) electrons. The van der Waals surface area contributed by atoms with Crippen molar-refractivity contribution in [2.45, 2.75) is 31.3 Å². The van der Waals surface area contributed by atoms with Crippen molar-refractivity contribution in [3.8, 4) is 0 Å². The minimum absolute atomic E-state index is 0.0587. The Bertz CT molecular complexity index is 993. The van der Waals surface area contributed by atoms with Crippen molar-refractivity contribution in [3.63, 3.8) is 0 Å². The third-order valence-corrected chi connectivity index (χ3v) is 5.74. The maximum atomic E-state index is 13.9. The Kier molecular flexibility index (Phi) is 4.82. The molecular formula is C22H22FN3O3. The summed E-state index contributed by atoms with van der Waals surface area (Å²) in [4.78, 5) is 40.8. The van der Waals surface area contributed by atoms with Gasteiger partial charge in [-0.2, -0.15) is 0 Å². The van der Waals surface area contributed by atoms with Gasteiger partial charge in [-0.15, -0.1) is 0 Å². The first-order valence-corrected chi connectivity index (χ1v) is 9.62. The standard InChI is InChI=1S/C22H22FN3O3/c1-25(13-16-8-3-5-11-18(16)23)19(27)14-26-20(28)22(24-21(26)29)12-6-9-15-7-2-4-10-17(15)22/h2-5,7-8,10-11H,6,9,12-14H2,1H3,(H,24,29)/t22-/m1/s1. The average Bonchev–Trinajstić information content (AvgIpc) is 2.94. The fourth-order valence-corrected chi connectivity index (χ4v) is 4.18. The van der Waals surface area contributed by atoms with Crippen LogP contribution in [0, 0.1) is 5.82 Å². The van der Waals surface area contributed by atoms with Gasteiger partial charge in [0.25, 0.3) is 5.91 Å². The number of halogens is 1. The van der Waals surface area contributed by atoms with Crippen molar-refractivity contribution >= 4 is 17.8 Å². The molecule has 1 fully saturated rings. The van der Waals surface area contributed by atoms with Gasteiger partial charge in [-0.3, -0.25) is 14.5 Å². The molecule has 2 aromatic rings. The maximum Gasteiger partial charge on any atom is 0.325 e. The molecule has 7 heteroatoms. The minimum atomic E-state index is -1.10. The number of hydrogen-bond acceptors (Lipinski definition) is 3. The molecule has 1 saturated heterocycles. The lowest BCUT2D eigenvalue weighted by atomic mass is 9.76. The summed E-state index contributed by atoms with van der Waals surface area (Å²) in [7, 11) is 1.53. The minimum Gasteiger partial charge on any atom is -0.340 e. The number of imide groups is 1. The second-order valence-corrected chi connectivity index (χ2v) is 7.58. The van der Waals surface area contributed by atoms with Crippen LogP contribution in [0.2, 0.25) is 0 Å². The molecule has 4 rings (SSSR count). The van der Waals surface area contributed by atoms with Crippen LogP contribution in [0.15, 0.2) is 48.5 Å². The number of likely N-dealkylation sites (N-methyl/N-ethyl adjacent to an activating group) is 1. The Morgan fingerprint density at radius 1 is 1.17 bits per heavy atom. The number of carbonyl (C=O) groups is 3. The average molecular weight is 395 g/mol. The van der Waals surface area contributed by atoms with Crippen LogP contribution in [0.3, 0.4) is 0 Å². The molecule has 1 N–H and O–H groups in total. The van der Waals surface area contributed by atoms with Gasteiger partial charge in [-0.1, -0.05) is 42.5 Å². The largest absolute Gasteiger partial charge is 0.340 e. The van der Waals surface area contributed by atoms with E-state index in [1.165, 1.54) is 18.0 Å². The topological polar surface area (TPSA) is 69.7 Å². The third kappa shape index (κ3) is 3.26. The second-order valence-electron chi connectivity index (χ2n) is 7.58. The Morgan fingerprint density at radius 3 is 2.69 bits per heavy atom. The summed E-state index contributed by atoms with van der Waals surface area (Å²) in [5.74, 6) is -1.24. The molecule has 0 unspecified atom stereocenters. The lowest BCUT2D eigenvalue weighted by molar-refractivity contribution is -0.139. The zero-order valence-electron chi connectivity index (χ0n) is 16.2. The van der Waals surface area contributed by atoms with Gasteiger partial charge < -0.3 is 10.2 Å². The molecule has 4 amide bonds. The molecule has 1 spiro atoms. The third-order valence-electron chi connectivity index (χ3n) is 5.74. The number of nitrogens with zero attached hydrogens (tertiary/aromatic N) is 2. The molecule has 1 heterocycles. The van der Waals surface area contributed by atoms with Gasteiger partial charge in [0, 0.05) is 19.2 Å². The van der Waals surface area contributed by atoms with Crippen LogP contribution in [0.25, 0.3) is 0 Å². The molecular weight excluding hydrogens is 373 g/mol. The number of carbonyl (C=O) groups excluding carboxylic acids is 3. The van der Waals surface area contributed by atoms with Crippen molar-refractivity contribution < 1.29 is 18.8 Å². The van der Waals surface area contributed by atoms with Crippen molar-refractivity contribution in [2.24, 2.45) is 0 Å². The molecule has 29 heavy (non-hydrogen) atoms. The first kappa shape index (κ1) is 19.1. The van der Waals surface area contributed by atoms with Crippen LogP contribution in [0.5, 0.6) is 0 Å². The molecule has 1 atom stereocenters.